The van der Waals surface area contributed by atoms with Crippen molar-refractivity contribution in [3.63, 3.8) is 0 Å². The van der Waals surface area contributed by atoms with Crippen molar-refractivity contribution in [1.82, 2.24) is 15.2 Å². The molecule has 1 saturated heterocycles. The number of benzene rings is 1. The van der Waals surface area contributed by atoms with E-state index in [0.29, 0.717) is 10.9 Å². The fourth-order valence-corrected chi connectivity index (χ4v) is 4.49. The van der Waals surface area contributed by atoms with E-state index in [1.54, 1.807) is 7.11 Å². The quantitative estimate of drug-likeness (QED) is 0.648. The van der Waals surface area contributed by atoms with Crippen molar-refractivity contribution in [2.75, 3.05) is 25.5 Å². The molecule has 0 saturated carbocycles. The van der Waals surface area contributed by atoms with E-state index in [2.05, 4.69) is 34.4 Å². The van der Waals surface area contributed by atoms with Crippen LogP contribution >= 0.6 is 11.3 Å². The Bertz CT molecular complexity index is 876. The summed E-state index contributed by atoms with van der Waals surface area (Å²) in [4.78, 5) is 31.2. The van der Waals surface area contributed by atoms with Crippen LogP contribution in [0.3, 0.4) is 0 Å². The van der Waals surface area contributed by atoms with Gasteiger partial charge in [-0.2, -0.15) is 0 Å². The zero-order chi connectivity index (χ0) is 22.4. The van der Waals surface area contributed by atoms with Crippen LogP contribution in [-0.4, -0.2) is 54.1 Å². The number of morpholine rings is 1. The monoisotopic (exact) mass is 446 g/mol. The molecule has 9 heteroatoms. The van der Waals surface area contributed by atoms with Crippen LogP contribution in [0.5, 0.6) is 5.75 Å². The molecular weight excluding hydrogens is 416 g/mol. The van der Waals surface area contributed by atoms with E-state index < -0.39 is 6.04 Å². The van der Waals surface area contributed by atoms with Crippen LogP contribution in [0, 0.1) is 0 Å². The lowest BCUT2D eigenvalue weighted by Gasteiger charge is -2.34. The van der Waals surface area contributed by atoms with Gasteiger partial charge in [-0.1, -0.05) is 12.1 Å². The molecule has 1 aliphatic rings. The molecule has 1 fully saturated rings. The number of amides is 2. The highest BCUT2D eigenvalue weighted by molar-refractivity contribution is 7.13. The maximum Gasteiger partial charge on any atom is 0.228 e. The Labute approximate surface area is 186 Å². The highest BCUT2D eigenvalue weighted by Gasteiger charge is 2.23. The molecule has 2 N–H and O–H groups in total. The van der Waals surface area contributed by atoms with E-state index in [4.69, 9.17) is 9.47 Å². The summed E-state index contributed by atoms with van der Waals surface area (Å²) in [7, 11) is 1.59. The average Bonchev–Trinajstić information content (AvgIpc) is 3.13. The van der Waals surface area contributed by atoms with Gasteiger partial charge >= 0.3 is 0 Å². The van der Waals surface area contributed by atoms with Crippen LogP contribution in [0.4, 0.5) is 5.13 Å². The van der Waals surface area contributed by atoms with Crippen LogP contribution in [-0.2, 0) is 20.9 Å². The van der Waals surface area contributed by atoms with Crippen molar-refractivity contribution in [3.8, 4) is 5.75 Å². The maximum absolute atomic E-state index is 12.6. The third-order valence-corrected chi connectivity index (χ3v) is 5.77. The minimum atomic E-state index is -0.431. The van der Waals surface area contributed by atoms with Gasteiger partial charge in [0.2, 0.25) is 11.8 Å². The summed E-state index contributed by atoms with van der Waals surface area (Å²) in [5.74, 6) is 0.317. The van der Waals surface area contributed by atoms with Crippen molar-refractivity contribution in [2.24, 2.45) is 0 Å². The smallest absolute Gasteiger partial charge is 0.228 e. The van der Waals surface area contributed by atoms with Crippen LogP contribution in [0.15, 0.2) is 29.6 Å². The number of hydrogen-bond acceptors (Lipinski definition) is 7. The highest BCUT2D eigenvalue weighted by Crippen LogP contribution is 2.23. The topological polar surface area (TPSA) is 92.8 Å². The number of carbonyl (C=O) groups excluding carboxylic acids is 2. The van der Waals surface area contributed by atoms with Crippen LogP contribution in [0.25, 0.3) is 0 Å². The van der Waals surface area contributed by atoms with E-state index >= 15 is 0 Å². The number of carbonyl (C=O) groups is 2. The molecule has 0 aliphatic carbocycles. The number of aromatic nitrogens is 1. The number of thiazole rings is 1. The number of nitrogens with one attached hydrogen (secondary N) is 2. The van der Waals surface area contributed by atoms with Crippen LogP contribution in [0.1, 0.15) is 44.5 Å². The van der Waals surface area contributed by atoms with E-state index in [-0.39, 0.29) is 30.4 Å². The fraction of sp³-hybridized carbons (Fsp3) is 0.500. The summed E-state index contributed by atoms with van der Waals surface area (Å²) in [6.45, 7) is 8.04. The number of methoxy groups -OCH3 is 1. The zero-order valence-corrected chi connectivity index (χ0v) is 19.2. The third kappa shape index (κ3) is 7.02. The molecule has 8 nitrogen and oxygen atoms in total. The van der Waals surface area contributed by atoms with Gasteiger partial charge in [-0.3, -0.25) is 14.5 Å². The predicted molar refractivity (Wildman–Crippen MR) is 120 cm³/mol. The Morgan fingerprint density at radius 1 is 1.26 bits per heavy atom. The van der Waals surface area contributed by atoms with E-state index in [1.807, 2.05) is 29.6 Å². The predicted octanol–water partition coefficient (Wildman–Crippen LogP) is 2.97. The minimum Gasteiger partial charge on any atom is -0.497 e. The van der Waals surface area contributed by atoms with E-state index in [9.17, 15) is 9.59 Å². The van der Waals surface area contributed by atoms with Crippen molar-refractivity contribution in [3.05, 3.63) is 40.9 Å². The fourth-order valence-electron chi connectivity index (χ4n) is 3.77. The second-order valence-electron chi connectivity index (χ2n) is 7.87. The van der Waals surface area contributed by atoms with Gasteiger partial charge in [0.15, 0.2) is 5.13 Å². The van der Waals surface area contributed by atoms with Crippen molar-refractivity contribution >= 4 is 28.3 Å². The zero-order valence-electron chi connectivity index (χ0n) is 18.4. The summed E-state index contributed by atoms with van der Waals surface area (Å²) in [6, 6.07) is 6.88. The maximum atomic E-state index is 12.6. The van der Waals surface area contributed by atoms with Gasteiger partial charge in [0, 0.05) is 31.9 Å². The summed E-state index contributed by atoms with van der Waals surface area (Å²) in [5.41, 5.74) is 1.76. The molecule has 1 aliphatic heterocycles. The number of hydrogen-bond donors (Lipinski definition) is 2. The number of rotatable bonds is 8. The van der Waals surface area contributed by atoms with Crippen LogP contribution in [0.2, 0.25) is 0 Å². The molecule has 2 heterocycles. The number of nitrogens with zero attached hydrogens (tertiary/aromatic N) is 2. The van der Waals surface area contributed by atoms with Gasteiger partial charge in [-0.15, -0.1) is 11.3 Å². The van der Waals surface area contributed by atoms with Gasteiger partial charge in [0.25, 0.3) is 0 Å². The first kappa shape index (κ1) is 23.2. The second kappa shape index (κ2) is 10.7. The number of ether oxygens (including phenoxy) is 2. The molecule has 0 radical (unpaired) electrons. The largest absolute Gasteiger partial charge is 0.497 e. The first-order valence-electron chi connectivity index (χ1n) is 10.4. The third-order valence-electron chi connectivity index (χ3n) is 4.96. The summed E-state index contributed by atoms with van der Waals surface area (Å²) in [5, 5.41) is 8.23. The summed E-state index contributed by atoms with van der Waals surface area (Å²) >= 11 is 1.40. The van der Waals surface area contributed by atoms with Gasteiger partial charge in [0.05, 0.1) is 37.5 Å². The van der Waals surface area contributed by atoms with E-state index in [0.717, 1.165) is 30.9 Å². The molecule has 2 aromatic rings. The average molecular weight is 447 g/mol. The highest BCUT2D eigenvalue weighted by atomic mass is 32.1. The molecule has 31 heavy (non-hydrogen) atoms. The molecule has 0 spiro atoms. The summed E-state index contributed by atoms with van der Waals surface area (Å²) < 4.78 is 10.9. The first-order valence-corrected chi connectivity index (χ1v) is 11.2. The SMILES string of the molecule is COc1ccc([C@H](CC(=O)Nc2nc(CN3C[C@@H](C)O[C@@H](C)C3)cs2)NC(C)=O)cc1. The second-order valence-corrected chi connectivity index (χ2v) is 8.73. The van der Waals surface area contributed by atoms with Gasteiger partial charge in [-0.05, 0) is 31.5 Å². The molecule has 168 valence electrons. The molecule has 3 rings (SSSR count). The molecule has 2 amide bonds. The molecule has 1 aromatic heterocycles. The summed E-state index contributed by atoms with van der Waals surface area (Å²) in [6.07, 6.45) is 0.509. The molecule has 0 bridgehead atoms. The molecule has 3 atom stereocenters. The van der Waals surface area contributed by atoms with Crippen molar-refractivity contribution in [2.45, 2.75) is 52.0 Å². The van der Waals surface area contributed by atoms with Gasteiger partial charge < -0.3 is 20.1 Å². The number of anilines is 1. The normalized spacial score (nSPS) is 20.1. The first-order chi connectivity index (χ1) is 14.8. The molecule has 1 aromatic carbocycles. The Hall–Kier alpha value is -2.49. The lowest BCUT2D eigenvalue weighted by Crippen LogP contribution is -2.44. The molecule has 0 unspecified atom stereocenters. The van der Waals surface area contributed by atoms with Gasteiger partial charge in [-0.25, -0.2) is 4.98 Å². The Morgan fingerprint density at radius 3 is 2.55 bits per heavy atom. The lowest BCUT2D eigenvalue weighted by atomic mass is 10.0. The Balaban J connectivity index is 1.58. The van der Waals surface area contributed by atoms with Crippen LogP contribution < -0.4 is 15.4 Å². The Kier molecular flexibility index (Phi) is 8.00. The molecular formula is C22H30N4O4S. The van der Waals surface area contributed by atoms with Gasteiger partial charge in [0.1, 0.15) is 5.75 Å². The van der Waals surface area contributed by atoms with Crippen molar-refractivity contribution < 1.29 is 19.1 Å². The Morgan fingerprint density at radius 2 is 1.94 bits per heavy atom. The standard InChI is InChI=1S/C22H30N4O4S/c1-14-10-26(11-15(2)30-14)12-18-13-31-22(24-18)25-21(28)9-20(23-16(3)27)17-5-7-19(29-4)8-6-17/h5-8,13-15,20H,9-12H2,1-4H3,(H,23,27)(H,24,25,28)/t14-,15+,20-/m0/s1. The minimum absolute atomic E-state index is 0.110. The van der Waals surface area contributed by atoms with Crippen molar-refractivity contribution in [1.29, 1.82) is 0 Å². The van der Waals surface area contributed by atoms with E-state index in [1.165, 1.54) is 18.3 Å². The lowest BCUT2D eigenvalue weighted by molar-refractivity contribution is -0.120.